The number of rotatable bonds is 0. The zero-order valence-electron chi connectivity index (χ0n) is 12.9. The zero-order valence-corrected chi connectivity index (χ0v) is 13.7. The van der Waals surface area contributed by atoms with Gasteiger partial charge in [-0.3, -0.25) is 14.4 Å². The van der Waals surface area contributed by atoms with Crippen molar-refractivity contribution in [3.8, 4) is 11.1 Å². The molecule has 2 aromatic carbocycles. The Hall–Kier alpha value is -2.77. The van der Waals surface area contributed by atoms with Gasteiger partial charge in [0.05, 0.1) is 6.42 Å². The van der Waals surface area contributed by atoms with Crippen molar-refractivity contribution in [3.63, 3.8) is 0 Å². The van der Waals surface area contributed by atoms with Gasteiger partial charge < -0.3 is 0 Å². The summed E-state index contributed by atoms with van der Waals surface area (Å²) in [5.41, 5.74) is 5.25. The van der Waals surface area contributed by atoms with E-state index in [1.807, 2.05) is 48.5 Å². The molecule has 1 aliphatic carbocycles. The SMILES string of the molecule is O=C1CC(=O)N2NC3(C(=O)N=C2S1)c1ccccc1-c1ccccc13. The first-order valence-corrected chi connectivity index (χ1v) is 8.57. The number of amidine groups is 1. The van der Waals surface area contributed by atoms with Gasteiger partial charge in [-0.25, -0.2) is 10.4 Å². The number of hydrazine groups is 1. The summed E-state index contributed by atoms with van der Waals surface area (Å²) in [7, 11) is 0. The van der Waals surface area contributed by atoms with E-state index < -0.39 is 17.4 Å². The minimum Gasteiger partial charge on any atom is -0.286 e. The second-order valence-electron chi connectivity index (χ2n) is 6.03. The molecule has 7 heteroatoms. The molecule has 1 N–H and O–H groups in total. The number of hydrogen-bond acceptors (Lipinski definition) is 5. The molecule has 0 bridgehead atoms. The van der Waals surface area contributed by atoms with E-state index in [-0.39, 0.29) is 16.7 Å². The molecule has 2 amide bonds. The molecule has 6 nitrogen and oxygen atoms in total. The Bertz CT molecular complexity index is 969. The molecular formula is C18H11N3O3S. The van der Waals surface area contributed by atoms with E-state index in [1.54, 1.807) is 0 Å². The van der Waals surface area contributed by atoms with E-state index in [0.29, 0.717) is 0 Å². The monoisotopic (exact) mass is 349 g/mol. The van der Waals surface area contributed by atoms with Gasteiger partial charge in [0.15, 0.2) is 10.7 Å². The van der Waals surface area contributed by atoms with Crippen molar-refractivity contribution in [1.29, 1.82) is 0 Å². The summed E-state index contributed by atoms with van der Waals surface area (Å²) in [5, 5.41) is 1.03. The quantitative estimate of drug-likeness (QED) is 0.734. The lowest BCUT2D eigenvalue weighted by molar-refractivity contribution is -0.136. The van der Waals surface area contributed by atoms with Crippen molar-refractivity contribution >= 4 is 33.9 Å². The standard InChI is InChI=1S/C18H11N3O3S/c22-14-9-15(23)25-17-19-16(24)18(20-21(14)17)12-7-3-1-5-10(12)11-6-2-4-8-13(11)18/h1-8,20H,9H2. The highest BCUT2D eigenvalue weighted by Crippen LogP contribution is 2.49. The number of nitrogens with zero attached hydrogens (tertiary/aromatic N) is 2. The average molecular weight is 349 g/mol. The molecule has 5 rings (SSSR count). The van der Waals surface area contributed by atoms with Gasteiger partial charge in [-0.05, 0) is 34.0 Å². The molecule has 0 radical (unpaired) electrons. The maximum absolute atomic E-state index is 13.1. The summed E-state index contributed by atoms with van der Waals surface area (Å²) in [6.45, 7) is 0. The van der Waals surface area contributed by atoms with Crippen LogP contribution in [0, 0.1) is 0 Å². The maximum atomic E-state index is 13.1. The predicted molar refractivity (Wildman–Crippen MR) is 92.3 cm³/mol. The molecule has 1 spiro atoms. The van der Waals surface area contributed by atoms with Crippen molar-refractivity contribution in [2.24, 2.45) is 4.99 Å². The van der Waals surface area contributed by atoms with Gasteiger partial charge >= 0.3 is 0 Å². The van der Waals surface area contributed by atoms with Crippen LogP contribution in [0.2, 0.25) is 0 Å². The van der Waals surface area contributed by atoms with Crippen LogP contribution in [-0.4, -0.2) is 27.1 Å². The minimum absolute atomic E-state index is 0.0961. The maximum Gasteiger partial charge on any atom is 0.279 e. The van der Waals surface area contributed by atoms with E-state index in [2.05, 4.69) is 10.4 Å². The molecule has 25 heavy (non-hydrogen) atoms. The summed E-state index contributed by atoms with van der Waals surface area (Å²) in [6.07, 6.45) is -0.218. The topological polar surface area (TPSA) is 78.8 Å². The largest absolute Gasteiger partial charge is 0.286 e. The lowest BCUT2D eigenvalue weighted by Crippen LogP contribution is -2.64. The van der Waals surface area contributed by atoms with E-state index in [0.717, 1.165) is 34.0 Å². The second kappa shape index (κ2) is 4.87. The molecule has 3 aliphatic rings. The third-order valence-electron chi connectivity index (χ3n) is 4.69. The zero-order chi connectivity index (χ0) is 17.2. The number of carbonyl (C=O) groups excluding carboxylic acids is 3. The number of hydrogen-bond donors (Lipinski definition) is 1. The molecule has 0 atom stereocenters. The first-order chi connectivity index (χ1) is 12.1. The van der Waals surface area contributed by atoms with Gasteiger partial charge in [0.1, 0.15) is 0 Å². The van der Waals surface area contributed by atoms with E-state index in [4.69, 9.17) is 0 Å². The normalized spacial score (nSPS) is 20.2. The summed E-state index contributed by atoms with van der Waals surface area (Å²) in [4.78, 5) is 41.2. The van der Waals surface area contributed by atoms with Crippen LogP contribution in [0.1, 0.15) is 17.5 Å². The number of benzene rings is 2. The predicted octanol–water partition coefficient (Wildman–Crippen LogP) is 1.80. The molecule has 0 saturated carbocycles. The fraction of sp³-hybridized carbons (Fsp3) is 0.111. The van der Waals surface area contributed by atoms with Gasteiger partial charge in [0.25, 0.3) is 11.8 Å². The van der Waals surface area contributed by atoms with Crippen LogP contribution in [0.25, 0.3) is 11.1 Å². The van der Waals surface area contributed by atoms with Crippen molar-refractivity contribution in [2.75, 3.05) is 0 Å². The average Bonchev–Trinajstić information content (AvgIpc) is 2.89. The lowest BCUT2D eigenvalue weighted by Gasteiger charge is -2.40. The van der Waals surface area contributed by atoms with Gasteiger partial charge in [-0.1, -0.05) is 48.5 Å². The molecule has 0 aromatic heterocycles. The van der Waals surface area contributed by atoms with Crippen molar-refractivity contribution in [3.05, 3.63) is 59.7 Å². The summed E-state index contributed by atoms with van der Waals surface area (Å²) >= 11 is 0.815. The van der Waals surface area contributed by atoms with E-state index in [1.165, 1.54) is 5.01 Å². The van der Waals surface area contributed by atoms with E-state index in [9.17, 15) is 14.4 Å². The Kier molecular flexibility index (Phi) is 2.84. The third-order valence-corrected chi connectivity index (χ3v) is 5.52. The third kappa shape index (κ3) is 1.79. The Labute approximate surface area is 146 Å². The number of fused-ring (bicyclic) bond motifs is 6. The summed E-state index contributed by atoms with van der Waals surface area (Å²) in [5.74, 6) is -0.831. The molecule has 2 aliphatic heterocycles. The first kappa shape index (κ1) is 14.6. The van der Waals surface area contributed by atoms with E-state index >= 15 is 0 Å². The van der Waals surface area contributed by atoms with Crippen LogP contribution in [0.5, 0.6) is 0 Å². The van der Waals surface area contributed by atoms with Gasteiger partial charge in [-0.2, -0.15) is 4.99 Å². The number of nitrogens with one attached hydrogen (secondary N) is 1. The molecule has 2 aromatic rings. The van der Waals surface area contributed by atoms with Crippen molar-refractivity contribution in [1.82, 2.24) is 10.4 Å². The highest BCUT2D eigenvalue weighted by molar-refractivity contribution is 8.26. The Morgan fingerprint density at radius 3 is 2.20 bits per heavy atom. The van der Waals surface area contributed by atoms with Crippen LogP contribution < -0.4 is 5.43 Å². The van der Waals surface area contributed by atoms with Crippen molar-refractivity contribution < 1.29 is 14.4 Å². The molecule has 2 heterocycles. The Morgan fingerprint density at radius 1 is 0.960 bits per heavy atom. The molecular weight excluding hydrogens is 338 g/mol. The highest BCUT2D eigenvalue weighted by Gasteiger charge is 2.54. The Morgan fingerprint density at radius 2 is 1.56 bits per heavy atom. The number of thioether (sulfide) groups is 1. The second-order valence-corrected chi connectivity index (χ2v) is 7.06. The van der Waals surface area contributed by atoms with Crippen LogP contribution in [-0.2, 0) is 19.9 Å². The van der Waals surface area contributed by atoms with Crippen LogP contribution in [0.3, 0.4) is 0 Å². The lowest BCUT2D eigenvalue weighted by atomic mass is 9.87. The number of carbonyl (C=O) groups is 3. The van der Waals surface area contributed by atoms with Crippen molar-refractivity contribution in [2.45, 2.75) is 12.0 Å². The molecule has 122 valence electrons. The number of aliphatic imine (C=N–C) groups is 1. The fourth-order valence-electron chi connectivity index (χ4n) is 3.65. The molecule has 1 fully saturated rings. The highest BCUT2D eigenvalue weighted by atomic mass is 32.2. The fourth-order valence-corrected chi connectivity index (χ4v) is 4.41. The molecule has 0 unspecified atom stereocenters. The number of amides is 2. The Balaban J connectivity index is 1.78. The van der Waals surface area contributed by atoms with Gasteiger partial charge in [-0.15, -0.1) is 0 Å². The first-order valence-electron chi connectivity index (χ1n) is 7.75. The van der Waals surface area contributed by atoms with Gasteiger partial charge in [0, 0.05) is 0 Å². The van der Waals surface area contributed by atoms with Crippen LogP contribution >= 0.6 is 11.8 Å². The van der Waals surface area contributed by atoms with Gasteiger partial charge in [0.2, 0.25) is 5.12 Å². The molecule has 1 saturated heterocycles. The minimum atomic E-state index is -1.24. The summed E-state index contributed by atoms with van der Waals surface area (Å²) in [6, 6.07) is 15.2. The van der Waals surface area contributed by atoms with Crippen LogP contribution in [0.15, 0.2) is 53.5 Å². The summed E-state index contributed by atoms with van der Waals surface area (Å²) < 4.78 is 0. The smallest absolute Gasteiger partial charge is 0.279 e. The van der Waals surface area contributed by atoms with Crippen LogP contribution in [0.4, 0.5) is 0 Å².